The van der Waals surface area contributed by atoms with Crippen LogP contribution in [0.1, 0.15) is 18.4 Å². The molecule has 1 fully saturated rings. The average Bonchev–Trinajstić information content (AvgIpc) is 2.61. The van der Waals surface area contributed by atoms with Crippen molar-refractivity contribution >= 4 is 21.9 Å². The van der Waals surface area contributed by atoms with Gasteiger partial charge in [-0.05, 0) is 30.2 Å². The Balaban J connectivity index is 1.90. The summed E-state index contributed by atoms with van der Waals surface area (Å²) in [6, 6.07) is 17.8. The highest BCUT2D eigenvalue weighted by atomic mass is 32.2. The SMILES string of the molecule is O=C1CC[C@@H](S(=O)(=O)c2ccccc2)[C@@H](/C=C\c2ccccc2)O1. The molecule has 1 heterocycles. The summed E-state index contributed by atoms with van der Waals surface area (Å²) in [6.45, 7) is 0. The number of hydrogen-bond acceptors (Lipinski definition) is 4. The van der Waals surface area contributed by atoms with Crippen LogP contribution in [0.15, 0.2) is 71.6 Å². The molecule has 1 saturated heterocycles. The Kier molecular flexibility index (Phi) is 4.81. The topological polar surface area (TPSA) is 60.4 Å². The van der Waals surface area contributed by atoms with Crippen LogP contribution in [-0.2, 0) is 19.4 Å². The molecule has 0 radical (unpaired) electrons. The Morgan fingerprint density at radius 2 is 1.58 bits per heavy atom. The molecule has 0 saturated carbocycles. The minimum absolute atomic E-state index is 0.117. The van der Waals surface area contributed by atoms with Gasteiger partial charge in [0.25, 0.3) is 0 Å². The van der Waals surface area contributed by atoms with Gasteiger partial charge in [0.05, 0.1) is 4.90 Å². The Labute approximate surface area is 141 Å². The quantitative estimate of drug-likeness (QED) is 0.800. The van der Waals surface area contributed by atoms with Crippen LogP contribution in [0.5, 0.6) is 0 Å². The molecule has 0 aromatic heterocycles. The lowest BCUT2D eigenvalue weighted by Crippen LogP contribution is -2.40. The zero-order valence-electron chi connectivity index (χ0n) is 13.0. The molecule has 0 aliphatic carbocycles. The summed E-state index contributed by atoms with van der Waals surface area (Å²) < 4.78 is 31.1. The van der Waals surface area contributed by atoms with Gasteiger partial charge in [0.1, 0.15) is 11.4 Å². The van der Waals surface area contributed by atoms with Crippen molar-refractivity contribution in [3.8, 4) is 0 Å². The molecule has 4 nitrogen and oxygen atoms in total. The number of carbonyl (C=O) groups excluding carboxylic acids is 1. The molecule has 1 aliphatic heterocycles. The first-order valence-corrected chi connectivity index (χ1v) is 9.34. The third-order valence-electron chi connectivity index (χ3n) is 4.02. The van der Waals surface area contributed by atoms with E-state index in [1.165, 1.54) is 0 Å². The van der Waals surface area contributed by atoms with Crippen LogP contribution in [0.25, 0.3) is 6.08 Å². The monoisotopic (exact) mass is 342 g/mol. The van der Waals surface area contributed by atoms with Crippen LogP contribution in [0, 0.1) is 0 Å². The molecular formula is C19H18O4S. The van der Waals surface area contributed by atoms with Gasteiger partial charge < -0.3 is 4.74 Å². The van der Waals surface area contributed by atoms with Gasteiger partial charge in [0.2, 0.25) is 0 Å². The van der Waals surface area contributed by atoms with Gasteiger partial charge in [0, 0.05) is 6.42 Å². The second kappa shape index (κ2) is 7.01. The standard InChI is InChI=1S/C19H18O4S/c20-19-14-13-18(24(21,22)16-9-5-2-6-10-16)17(23-19)12-11-15-7-3-1-4-8-15/h1-12,17-18H,13-14H2/b12-11-/t17-,18-/m1/s1. The number of ether oxygens (including phenoxy) is 1. The van der Waals surface area contributed by atoms with Gasteiger partial charge in [-0.3, -0.25) is 4.79 Å². The lowest BCUT2D eigenvalue weighted by Gasteiger charge is -2.29. The summed E-state index contributed by atoms with van der Waals surface area (Å²) in [5, 5.41) is -0.766. The Hall–Kier alpha value is -2.40. The van der Waals surface area contributed by atoms with Crippen molar-refractivity contribution in [1.29, 1.82) is 0 Å². The Morgan fingerprint density at radius 3 is 2.25 bits per heavy atom. The van der Waals surface area contributed by atoms with Crippen LogP contribution < -0.4 is 0 Å². The molecule has 2 aromatic rings. The van der Waals surface area contributed by atoms with E-state index in [1.807, 2.05) is 30.3 Å². The minimum Gasteiger partial charge on any atom is -0.457 e. The third-order valence-corrected chi connectivity index (χ3v) is 6.25. The van der Waals surface area contributed by atoms with Crippen LogP contribution in [-0.4, -0.2) is 25.7 Å². The van der Waals surface area contributed by atoms with Gasteiger partial charge in [-0.15, -0.1) is 0 Å². The van der Waals surface area contributed by atoms with Crippen LogP contribution in [0.2, 0.25) is 0 Å². The van der Waals surface area contributed by atoms with E-state index in [9.17, 15) is 13.2 Å². The Morgan fingerprint density at radius 1 is 0.958 bits per heavy atom. The van der Waals surface area contributed by atoms with Crippen molar-refractivity contribution < 1.29 is 17.9 Å². The lowest BCUT2D eigenvalue weighted by atomic mass is 10.1. The van der Waals surface area contributed by atoms with Crippen molar-refractivity contribution in [2.24, 2.45) is 0 Å². The predicted octanol–water partition coefficient (Wildman–Crippen LogP) is 3.25. The smallest absolute Gasteiger partial charge is 0.306 e. The zero-order chi connectivity index (χ0) is 17.0. The van der Waals surface area contributed by atoms with E-state index in [1.54, 1.807) is 42.5 Å². The van der Waals surface area contributed by atoms with E-state index < -0.39 is 21.2 Å². The fourth-order valence-corrected chi connectivity index (χ4v) is 4.57. The van der Waals surface area contributed by atoms with E-state index in [4.69, 9.17) is 4.74 Å². The van der Waals surface area contributed by atoms with Gasteiger partial charge in [0.15, 0.2) is 9.84 Å². The molecule has 24 heavy (non-hydrogen) atoms. The fraction of sp³-hybridized carbons (Fsp3) is 0.211. The van der Waals surface area contributed by atoms with Crippen LogP contribution in [0.3, 0.4) is 0 Å². The van der Waals surface area contributed by atoms with Crippen molar-refractivity contribution in [1.82, 2.24) is 0 Å². The highest BCUT2D eigenvalue weighted by Gasteiger charge is 2.39. The number of benzene rings is 2. The molecule has 0 bridgehead atoms. The van der Waals surface area contributed by atoms with Crippen molar-refractivity contribution in [2.45, 2.75) is 29.1 Å². The maximum absolute atomic E-state index is 12.9. The minimum atomic E-state index is -3.57. The van der Waals surface area contributed by atoms with Gasteiger partial charge in [-0.1, -0.05) is 54.6 Å². The normalized spacial score (nSPS) is 21.6. The summed E-state index contributed by atoms with van der Waals surface area (Å²) in [7, 11) is -3.57. The summed E-state index contributed by atoms with van der Waals surface area (Å²) in [5.74, 6) is -0.364. The first-order valence-electron chi connectivity index (χ1n) is 7.79. The first-order chi connectivity index (χ1) is 11.6. The molecule has 5 heteroatoms. The van der Waals surface area contributed by atoms with Gasteiger partial charge >= 0.3 is 5.97 Å². The summed E-state index contributed by atoms with van der Waals surface area (Å²) in [6.07, 6.45) is 3.05. The number of cyclic esters (lactones) is 1. The second-order valence-electron chi connectivity index (χ2n) is 5.66. The van der Waals surface area contributed by atoms with Gasteiger partial charge in [-0.25, -0.2) is 8.42 Å². The molecule has 2 atom stereocenters. The predicted molar refractivity (Wildman–Crippen MR) is 92.0 cm³/mol. The number of sulfone groups is 1. The first kappa shape index (κ1) is 16.5. The second-order valence-corrected chi connectivity index (χ2v) is 7.83. The zero-order valence-corrected chi connectivity index (χ0v) is 13.9. The van der Waals surface area contributed by atoms with E-state index in [0.717, 1.165) is 5.56 Å². The molecule has 0 N–H and O–H groups in total. The number of carbonyl (C=O) groups is 1. The van der Waals surface area contributed by atoms with Crippen LogP contribution in [0.4, 0.5) is 0 Å². The highest BCUT2D eigenvalue weighted by molar-refractivity contribution is 7.92. The maximum Gasteiger partial charge on any atom is 0.306 e. The summed E-state index contributed by atoms with van der Waals surface area (Å²) in [4.78, 5) is 11.9. The molecule has 1 aliphatic rings. The molecular weight excluding hydrogens is 324 g/mol. The molecule has 0 amide bonds. The lowest BCUT2D eigenvalue weighted by molar-refractivity contribution is -0.150. The van der Waals surface area contributed by atoms with Crippen molar-refractivity contribution in [2.75, 3.05) is 0 Å². The van der Waals surface area contributed by atoms with Crippen LogP contribution >= 0.6 is 0 Å². The van der Waals surface area contributed by atoms with Gasteiger partial charge in [-0.2, -0.15) is 0 Å². The summed E-state index contributed by atoms with van der Waals surface area (Å²) in [5.41, 5.74) is 0.926. The van der Waals surface area contributed by atoms with E-state index in [0.29, 0.717) is 0 Å². The number of hydrogen-bond donors (Lipinski definition) is 0. The Bertz CT molecular complexity index is 826. The number of rotatable bonds is 4. The highest BCUT2D eigenvalue weighted by Crippen LogP contribution is 2.28. The van der Waals surface area contributed by atoms with E-state index >= 15 is 0 Å². The maximum atomic E-state index is 12.9. The van der Waals surface area contributed by atoms with Crippen molar-refractivity contribution in [3.63, 3.8) is 0 Å². The third kappa shape index (κ3) is 3.57. The molecule has 124 valence electrons. The van der Waals surface area contributed by atoms with E-state index in [-0.39, 0.29) is 23.7 Å². The molecule has 2 aromatic carbocycles. The van der Waals surface area contributed by atoms with Crippen molar-refractivity contribution in [3.05, 3.63) is 72.3 Å². The molecule has 0 unspecified atom stereocenters. The molecule has 0 spiro atoms. The van der Waals surface area contributed by atoms with E-state index in [2.05, 4.69) is 0 Å². The largest absolute Gasteiger partial charge is 0.457 e. The summed E-state index contributed by atoms with van der Waals surface area (Å²) >= 11 is 0. The average molecular weight is 342 g/mol. The number of esters is 1. The molecule has 3 rings (SSSR count). The fourth-order valence-electron chi connectivity index (χ4n) is 2.76.